The molecule has 2 heterocycles. The maximum absolute atomic E-state index is 12.4. The number of hydrogen-bond acceptors (Lipinski definition) is 5. The highest BCUT2D eigenvalue weighted by Gasteiger charge is 2.14. The third-order valence-electron chi connectivity index (χ3n) is 3.87. The van der Waals surface area contributed by atoms with Gasteiger partial charge in [-0.2, -0.15) is 5.10 Å². The molecule has 1 N–H and O–H groups in total. The number of hydrogen-bond donors (Lipinski definition) is 1. The normalized spacial score (nSPS) is 10.6. The van der Waals surface area contributed by atoms with Crippen LogP contribution in [0.15, 0.2) is 82.1 Å². The van der Waals surface area contributed by atoms with Crippen LogP contribution in [0.25, 0.3) is 11.3 Å². The van der Waals surface area contributed by atoms with Crippen molar-refractivity contribution in [1.29, 1.82) is 0 Å². The Morgan fingerprint density at radius 1 is 1.14 bits per heavy atom. The number of halogens is 1. The van der Waals surface area contributed by atoms with Crippen molar-refractivity contribution >= 4 is 27.5 Å². The van der Waals surface area contributed by atoms with Crippen molar-refractivity contribution in [3.63, 3.8) is 0 Å². The van der Waals surface area contributed by atoms with Crippen LogP contribution in [-0.4, -0.2) is 20.8 Å². The van der Waals surface area contributed by atoms with Gasteiger partial charge in [0.15, 0.2) is 18.2 Å². The Balaban J connectivity index is 1.36. The minimum absolute atomic E-state index is 0.192. The molecule has 0 spiro atoms. The van der Waals surface area contributed by atoms with Crippen molar-refractivity contribution < 1.29 is 14.1 Å². The molecule has 0 radical (unpaired) electrons. The smallest absolute Gasteiger partial charge is 0.277 e. The number of nitrogens with zero attached hydrogens (tertiary/aromatic N) is 3. The summed E-state index contributed by atoms with van der Waals surface area (Å²) in [5.74, 6) is 0.879. The lowest BCUT2D eigenvalue weighted by Gasteiger charge is -2.05. The average molecular weight is 439 g/mol. The van der Waals surface area contributed by atoms with E-state index in [0.29, 0.717) is 11.4 Å². The number of amides is 1. The zero-order valence-corrected chi connectivity index (χ0v) is 16.2. The zero-order chi connectivity index (χ0) is 19.3. The second-order valence-electron chi connectivity index (χ2n) is 5.89. The number of anilines is 1. The fraction of sp³-hybridized carbons (Fsp3) is 0.0500. The molecule has 0 atom stereocenters. The SMILES string of the molecule is O=C(Nc1cnn(COc2ccc(Br)cc2)c1)c1cc(-c2ccccc2)on1. The number of carbonyl (C=O) groups excluding carboxylic acids is 1. The van der Waals surface area contributed by atoms with Gasteiger partial charge in [0.2, 0.25) is 0 Å². The molecule has 8 heteroatoms. The molecule has 0 aliphatic carbocycles. The first-order valence-corrected chi connectivity index (χ1v) is 9.21. The molecule has 0 aliphatic rings. The van der Waals surface area contributed by atoms with E-state index in [0.717, 1.165) is 15.8 Å². The zero-order valence-electron chi connectivity index (χ0n) is 14.6. The molecule has 0 unspecified atom stereocenters. The van der Waals surface area contributed by atoms with Gasteiger partial charge >= 0.3 is 0 Å². The number of ether oxygens (including phenoxy) is 1. The lowest BCUT2D eigenvalue weighted by molar-refractivity contribution is 0.101. The number of nitrogens with one attached hydrogen (secondary N) is 1. The van der Waals surface area contributed by atoms with Crippen molar-refractivity contribution in [3.8, 4) is 17.1 Å². The van der Waals surface area contributed by atoms with Crippen LogP contribution >= 0.6 is 15.9 Å². The van der Waals surface area contributed by atoms with Gasteiger partial charge in [-0.05, 0) is 24.3 Å². The van der Waals surface area contributed by atoms with Crippen LogP contribution in [0.2, 0.25) is 0 Å². The van der Waals surface area contributed by atoms with Gasteiger partial charge in [-0.1, -0.05) is 51.4 Å². The van der Waals surface area contributed by atoms with Gasteiger partial charge in [-0.3, -0.25) is 4.79 Å². The lowest BCUT2D eigenvalue weighted by Crippen LogP contribution is -2.11. The second-order valence-corrected chi connectivity index (χ2v) is 6.81. The first kappa shape index (κ1) is 18.0. The summed E-state index contributed by atoms with van der Waals surface area (Å²) in [5.41, 5.74) is 1.58. The molecule has 1 amide bonds. The molecule has 28 heavy (non-hydrogen) atoms. The molecule has 0 bridgehead atoms. The standard InChI is InChI=1S/C20H15BrN4O3/c21-15-6-8-17(9-7-15)27-13-25-12-16(11-22-25)23-20(26)18-10-19(28-24-18)14-4-2-1-3-5-14/h1-12H,13H2,(H,23,26). The summed E-state index contributed by atoms with van der Waals surface area (Å²) in [6.07, 6.45) is 3.22. The summed E-state index contributed by atoms with van der Waals surface area (Å²) in [6, 6.07) is 18.6. The summed E-state index contributed by atoms with van der Waals surface area (Å²) in [7, 11) is 0. The van der Waals surface area contributed by atoms with E-state index in [9.17, 15) is 4.79 Å². The molecule has 0 aliphatic heterocycles. The van der Waals surface area contributed by atoms with Gasteiger partial charge in [-0.15, -0.1) is 0 Å². The summed E-state index contributed by atoms with van der Waals surface area (Å²) < 4.78 is 13.5. The Labute approximate surface area is 169 Å². The molecule has 4 aromatic rings. The van der Waals surface area contributed by atoms with Crippen molar-refractivity contribution in [1.82, 2.24) is 14.9 Å². The Bertz CT molecular complexity index is 1070. The van der Waals surface area contributed by atoms with Crippen molar-refractivity contribution in [2.45, 2.75) is 6.73 Å². The minimum Gasteiger partial charge on any atom is -0.471 e. The number of rotatable bonds is 6. The molecule has 2 aromatic heterocycles. The van der Waals surface area contributed by atoms with Crippen LogP contribution in [0.3, 0.4) is 0 Å². The first-order chi connectivity index (χ1) is 13.7. The molecule has 0 saturated heterocycles. The van der Waals surface area contributed by atoms with E-state index in [1.165, 1.54) is 0 Å². The molecule has 2 aromatic carbocycles. The fourth-order valence-corrected chi connectivity index (χ4v) is 2.75. The number of carbonyl (C=O) groups is 1. The van der Waals surface area contributed by atoms with Crippen LogP contribution in [0.4, 0.5) is 5.69 Å². The topological polar surface area (TPSA) is 82.2 Å². The Hall–Kier alpha value is -3.39. The van der Waals surface area contributed by atoms with E-state index in [2.05, 4.69) is 31.5 Å². The van der Waals surface area contributed by atoms with Crippen molar-refractivity contribution in [2.24, 2.45) is 0 Å². The van der Waals surface area contributed by atoms with E-state index < -0.39 is 0 Å². The Morgan fingerprint density at radius 3 is 2.71 bits per heavy atom. The maximum atomic E-state index is 12.4. The minimum atomic E-state index is -0.376. The molecule has 7 nitrogen and oxygen atoms in total. The van der Waals surface area contributed by atoms with Gasteiger partial charge in [0.05, 0.1) is 18.1 Å². The molecular formula is C20H15BrN4O3. The third-order valence-corrected chi connectivity index (χ3v) is 4.40. The van der Waals surface area contributed by atoms with Crippen LogP contribution in [-0.2, 0) is 6.73 Å². The van der Waals surface area contributed by atoms with E-state index in [-0.39, 0.29) is 18.3 Å². The molecule has 0 fully saturated rings. The predicted octanol–water partition coefficient (Wildman–Crippen LogP) is 4.59. The van der Waals surface area contributed by atoms with Crippen LogP contribution in [0, 0.1) is 0 Å². The lowest BCUT2D eigenvalue weighted by atomic mass is 10.1. The quantitative estimate of drug-likeness (QED) is 0.475. The second kappa shape index (κ2) is 8.10. The maximum Gasteiger partial charge on any atom is 0.277 e. The van der Waals surface area contributed by atoms with Crippen LogP contribution in [0.5, 0.6) is 5.75 Å². The molecule has 0 saturated carbocycles. The average Bonchev–Trinajstić information content (AvgIpc) is 3.38. The van der Waals surface area contributed by atoms with Crippen LogP contribution in [0.1, 0.15) is 10.5 Å². The number of aromatic nitrogens is 3. The Kier molecular flexibility index (Phi) is 5.20. The largest absolute Gasteiger partial charge is 0.471 e. The monoisotopic (exact) mass is 438 g/mol. The van der Waals surface area contributed by atoms with Gasteiger partial charge in [0.1, 0.15) is 5.75 Å². The highest BCUT2D eigenvalue weighted by molar-refractivity contribution is 9.10. The van der Waals surface area contributed by atoms with Gasteiger partial charge < -0.3 is 14.6 Å². The van der Waals surface area contributed by atoms with E-state index in [1.807, 2.05) is 54.6 Å². The fourth-order valence-electron chi connectivity index (χ4n) is 2.49. The van der Waals surface area contributed by atoms with Gasteiger partial charge in [0.25, 0.3) is 5.91 Å². The molecule has 140 valence electrons. The summed E-state index contributed by atoms with van der Waals surface area (Å²) >= 11 is 3.38. The third kappa shape index (κ3) is 4.29. The predicted molar refractivity (Wildman–Crippen MR) is 107 cm³/mol. The molecule has 4 rings (SSSR count). The van der Waals surface area contributed by atoms with Crippen molar-refractivity contribution in [2.75, 3.05) is 5.32 Å². The highest BCUT2D eigenvalue weighted by atomic mass is 79.9. The van der Waals surface area contributed by atoms with E-state index in [1.54, 1.807) is 23.1 Å². The Morgan fingerprint density at radius 2 is 1.93 bits per heavy atom. The summed E-state index contributed by atoms with van der Waals surface area (Å²) in [4.78, 5) is 12.4. The summed E-state index contributed by atoms with van der Waals surface area (Å²) in [5, 5.41) is 10.8. The van der Waals surface area contributed by atoms with Gasteiger partial charge in [-0.25, -0.2) is 4.68 Å². The van der Waals surface area contributed by atoms with E-state index >= 15 is 0 Å². The van der Waals surface area contributed by atoms with Gasteiger partial charge in [0, 0.05) is 16.1 Å². The highest BCUT2D eigenvalue weighted by Crippen LogP contribution is 2.20. The van der Waals surface area contributed by atoms with Crippen LogP contribution < -0.4 is 10.1 Å². The number of benzene rings is 2. The first-order valence-electron chi connectivity index (χ1n) is 8.42. The molecular weight excluding hydrogens is 424 g/mol. The summed E-state index contributed by atoms with van der Waals surface area (Å²) in [6.45, 7) is 0.222. The van der Waals surface area contributed by atoms with E-state index in [4.69, 9.17) is 9.26 Å². The van der Waals surface area contributed by atoms with Crippen molar-refractivity contribution in [3.05, 3.63) is 83.2 Å².